The van der Waals surface area contributed by atoms with Gasteiger partial charge in [-0.1, -0.05) is 19.4 Å². The van der Waals surface area contributed by atoms with Crippen molar-refractivity contribution in [1.29, 1.82) is 0 Å². The molecule has 0 bridgehead atoms. The Morgan fingerprint density at radius 3 is 2.70 bits per heavy atom. The highest BCUT2D eigenvalue weighted by Gasteiger charge is 2.28. The number of hydrogen-bond donors (Lipinski definition) is 2. The molecule has 2 unspecified atom stereocenters. The predicted octanol–water partition coefficient (Wildman–Crippen LogP) is 3.15. The van der Waals surface area contributed by atoms with Crippen LogP contribution in [0.15, 0.2) is 22.7 Å². The normalized spacial score (nSPS) is 15.3. The first-order chi connectivity index (χ1) is 9.31. The van der Waals surface area contributed by atoms with Crippen molar-refractivity contribution in [3.05, 3.63) is 28.2 Å². The zero-order chi connectivity index (χ0) is 15.3. The topological polar surface area (TPSA) is 64.4 Å². The van der Waals surface area contributed by atoms with Gasteiger partial charge in [0.2, 0.25) is 5.91 Å². The van der Waals surface area contributed by atoms with Crippen LogP contribution in [0.25, 0.3) is 0 Å². The average molecular weight is 343 g/mol. The zero-order valence-electron chi connectivity index (χ0n) is 12.5. The molecule has 0 saturated carbocycles. The Kier molecular flexibility index (Phi) is 6.02. The van der Waals surface area contributed by atoms with Gasteiger partial charge < -0.3 is 15.8 Å². The fourth-order valence-corrected chi connectivity index (χ4v) is 2.59. The van der Waals surface area contributed by atoms with Crippen molar-refractivity contribution in [2.24, 2.45) is 5.73 Å². The molecular weight excluding hydrogens is 320 g/mol. The number of benzene rings is 1. The van der Waals surface area contributed by atoms with Gasteiger partial charge in [0, 0.05) is 0 Å². The largest absolute Gasteiger partial charge is 0.496 e. The minimum Gasteiger partial charge on any atom is -0.496 e. The van der Waals surface area contributed by atoms with Gasteiger partial charge in [0.05, 0.1) is 23.2 Å². The lowest BCUT2D eigenvalue weighted by Gasteiger charge is -2.25. The number of nitrogens with one attached hydrogen (secondary N) is 1. The summed E-state index contributed by atoms with van der Waals surface area (Å²) < 4.78 is 6.06. The van der Waals surface area contributed by atoms with Gasteiger partial charge in [-0.05, 0) is 53.9 Å². The van der Waals surface area contributed by atoms with Gasteiger partial charge in [0.15, 0.2) is 0 Å². The molecule has 0 aliphatic carbocycles. The van der Waals surface area contributed by atoms with Gasteiger partial charge in [-0.2, -0.15) is 0 Å². The van der Waals surface area contributed by atoms with Gasteiger partial charge in [-0.3, -0.25) is 4.79 Å². The van der Waals surface area contributed by atoms with E-state index >= 15 is 0 Å². The van der Waals surface area contributed by atoms with Gasteiger partial charge in [-0.15, -0.1) is 0 Å². The summed E-state index contributed by atoms with van der Waals surface area (Å²) in [5.74, 6) is 0.640. The molecule has 0 fully saturated rings. The summed E-state index contributed by atoms with van der Waals surface area (Å²) in [6, 6.07) is 5.64. The fourth-order valence-electron chi connectivity index (χ4n) is 2.03. The Morgan fingerprint density at radius 1 is 1.55 bits per heavy atom. The van der Waals surface area contributed by atoms with Gasteiger partial charge >= 0.3 is 0 Å². The Morgan fingerprint density at radius 2 is 2.20 bits per heavy atom. The first-order valence-corrected chi connectivity index (χ1v) is 7.54. The SMILES string of the molecule is CCCC(C)(N)C(=O)NC(C)c1ccc(OC)c(Br)c1. The number of halogens is 1. The molecule has 4 nitrogen and oxygen atoms in total. The maximum absolute atomic E-state index is 12.2. The van der Waals surface area contributed by atoms with Crippen LogP contribution in [0.4, 0.5) is 0 Å². The van der Waals surface area contributed by atoms with Crippen LogP contribution in [-0.2, 0) is 4.79 Å². The molecule has 0 radical (unpaired) electrons. The smallest absolute Gasteiger partial charge is 0.240 e. The molecule has 1 aromatic rings. The van der Waals surface area contributed by atoms with Gasteiger partial charge in [-0.25, -0.2) is 0 Å². The third-order valence-electron chi connectivity index (χ3n) is 3.31. The summed E-state index contributed by atoms with van der Waals surface area (Å²) >= 11 is 3.44. The summed E-state index contributed by atoms with van der Waals surface area (Å²) in [5.41, 5.74) is 6.20. The van der Waals surface area contributed by atoms with Crippen LogP contribution in [0.2, 0.25) is 0 Å². The second-order valence-electron chi connectivity index (χ2n) is 5.26. The lowest BCUT2D eigenvalue weighted by Crippen LogP contribution is -2.52. The number of rotatable bonds is 6. The van der Waals surface area contributed by atoms with Gasteiger partial charge in [0.25, 0.3) is 0 Å². The van der Waals surface area contributed by atoms with Crippen molar-refractivity contribution < 1.29 is 9.53 Å². The molecule has 5 heteroatoms. The molecule has 0 heterocycles. The highest BCUT2D eigenvalue weighted by molar-refractivity contribution is 9.10. The van der Waals surface area contributed by atoms with Crippen LogP contribution in [-0.4, -0.2) is 18.6 Å². The second-order valence-corrected chi connectivity index (χ2v) is 6.11. The van der Waals surface area contributed by atoms with E-state index in [0.717, 1.165) is 22.2 Å². The van der Waals surface area contributed by atoms with Crippen molar-refractivity contribution in [2.75, 3.05) is 7.11 Å². The Hall–Kier alpha value is -1.07. The van der Waals surface area contributed by atoms with E-state index in [9.17, 15) is 4.79 Å². The molecule has 2 atom stereocenters. The lowest BCUT2D eigenvalue weighted by atomic mass is 9.95. The fraction of sp³-hybridized carbons (Fsp3) is 0.533. The molecule has 0 saturated heterocycles. The number of carbonyl (C=O) groups is 1. The molecule has 112 valence electrons. The first kappa shape index (κ1) is 17.0. The number of nitrogens with two attached hydrogens (primary N) is 1. The molecule has 20 heavy (non-hydrogen) atoms. The molecule has 0 aliphatic heterocycles. The highest BCUT2D eigenvalue weighted by Crippen LogP contribution is 2.28. The van der Waals surface area contributed by atoms with Crippen LogP contribution >= 0.6 is 15.9 Å². The van der Waals surface area contributed by atoms with Crippen molar-refractivity contribution in [2.45, 2.75) is 45.2 Å². The van der Waals surface area contributed by atoms with Crippen LogP contribution < -0.4 is 15.8 Å². The van der Waals surface area contributed by atoms with Crippen LogP contribution in [0, 0.1) is 0 Å². The van der Waals surface area contributed by atoms with Crippen LogP contribution in [0.5, 0.6) is 5.75 Å². The number of amides is 1. The van der Waals surface area contributed by atoms with E-state index in [1.165, 1.54) is 0 Å². The minimum atomic E-state index is -0.827. The molecule has 0 aliphatic rings. The van der Waals surface area contributed by atoms with Crippen molar-refractivity contribution in [3.8, 4) is 5.75 Å². The quantitative estimate of drug-likeness (QED) is 0.834. The Bertz CT molecular complexity index is 475. The summed E-state index contributed by atoms with van der Waals surface area (Å²) in [7, 11) is 1.62. The minimum absolute atomic E-state index is 0.107. The first-order valence-electron chi connectivity index (χ1n) is 6.75. The third-order valence-corrected chi connectivity index (χ3v) is 3.93. The van der Waals surface area contributed by atoms with E-state index < -0.39 is 5.54 Å². The second kappa shape index (κ2) is 7.09. The van der Waals surface area contributed by atoms with Crippen LogP contribution in [0.1, 0.15) is 45.2 Å². The molecule has 3 N–H and O–H groups in total. The lowest BCUT2D eigenvalue weighted by molar-refractivity contribution is -0.126. The Balaban J connectivity index is 2.78. The Labute approximate surface area is 129 Å². The predicted molar refractivity (Wildman–Crippen MR) is 84.8 cm³/mol. The van der Waals surface area contributed by atoms with Crippen LogP contribution in [0.3, 0.4) is 0 Å². The number of hydrogen-bond acceptors (Lipinski definition) is 3. The monoisotopic (exact) mass is 342 g/mol. The zero-order valence-corrected chi connectivity index (χ0v) is 14.1. The number of ether oxygens (including phenoxy) is 1. The molecule has 1 rings (SSSR count). The summed E-state index contributed by atoms with van der Waals surface area (Å²) in [4.78, 5) is 12.2. The van der Waals surface area contributed by atoms with Crippen molar-refractivity contribution >= 4 is 21.8 Å². The van der Waals surface area contributed by atoms with E-state index in [0.29, 0.717) is 6.42 Å². The van der Waals surface area contributed by atoms with E-state index in [1.807, 2.05) is 32.0 Å². The molecule has 1 aromatic carbocycles. The van der Waals surface area contributed by atoms with Crippen molar-refractivity contribution in [1.82, 2.24) is 5.32 Å². The third kappa shape index (κ3) is 4.21. The highest BCUT2D eigenvalue weighted by atomic mass is 79.9. The maximum atomic E-state index is 12.2. The molecule has 0 spiro atoms. The maximum Gasteiger partial charge on any atom is 0.240 e. The summed E-state index contributed by atoms with van der Waals surface area (Å²) in [6.07, 6.45) is 1.54. The van der Waals surface area contributed by atoms with E-state index in [-0.39, 0.29) is 11.9 Å². The van der Waals surface area contributed by atoms with E-state index in [4.69, 9.17) is 10.5 Å². The van der Waals surface area contributed by atoms with E-state index in [2.05, 4.69) is 21.2 Å². The summed E-state index contributed by atoms with van der Waals surface area (Å²) in [6.45, 7) is 5.72. The van der Waals surface area contributed by atoms with Crippen molar-refractivity contribution in [3.63, 3.8) is 0 Å². The average Bonchev–Trinajstić information content (AvgIpc) is 2.38. The molecule has 1 amide bonds. The summed E-state index contributed by atoms with van der Waals surface area (Å²) in [5, 5.41) is 2.96. The molecule has 0 aromatic heterocycles. The van der Waals surface area contributed by atoms with Gasteiger partial charge in [0.1, 0.15) is 5.75 Å². The molecular formula is C15H23BrN2O2. The van der Waals surface area contributed by atoms with E-state index in [1.54, 1.807) is 14.0 Å². The number of carbonyl (C=O) groups excluding carboxylic acids is 1. The standard InChI is InChI=1S/C15H23BrN2O2/c1-5-8-15(3,17)14(19)18-10(2)11-6-7-13(20-4)12(16)9-11/h6-7,9-10H,5,8,17H2,1-4H3,(H,18,19). The number of methoxy groups -OCH3 is 1.